The molecule has 8 heteroatoms. The number of carbonyl (C=O) groups excluding carboxylic acids is 1. The number of hydrogen-bond donors (Lipinski definition) is 1. The van der Waals surface area contributed by atoms with Gasteiger partial charge in [0.2, 0.25) is 15.9 Å². The van der Waals surface area contributed by atoms with Crippen LogP contribution in [0.15, 0.2) is 40.6 Å². The molecule has 0 unspecified atom stereocenters. The molecule has 0 spiro atoms. The highest BCUT2D eigenvalue weighted by atomic mass is 32.2. The zero-order valence-corrected chi connectivity index (χ0v) is 13.0. The van der Waals surface area contributed by atoms with Crippen molar-refractivity contribution in [2.45, 2.75) is 11.3 Å². The van der Waals surface area contributed by atoms with Gasteiger partial charge in [-0.05, 0) is 24.3 Å². The minimum absolute atomic E-state index is 0.100. The van der Waals surface area contributed by atoms with Crippen LogP contribution in [0.2, 0.25) is 0 Å². The minimum Gasteiger partial charge on any atom is -0.478 e. The van der Waals surface area contributed by atoms with E-state index in [4.69, 9.17) is 10.00 Å². The van der Waals surface area contributed by atoms with E-state index >= 15 is 0 Å². The lowest BCUT2D eigenvalue weighted by Gasteiger charge is -2.12. The van der Waals surface area contributed by atoms with E-state index in [9.17, 15) is 13.2 Å². The third-order valence-electron chi connectivity index (χ3n) is 3.13. The SMILES string of the molecule is CN(C)S(=O)(=O)c1ccc(C(=O)NC2=C(C#N)CCO2)cc1. The van der Waals surface area contributed by atoms with E-state index < -0.39 is 15.9 Å². The molecule has 0 saturated heterocycles. The Hall–Kier alpha value is -2.37. The van der Waals surface area contributed by atoms with Crippen molar-refractivity contribution in [3.63, 3.8) is 0 Å². The molecule has 0 atom stereocenters. The number of nitriles is 1. The molecular weight excluding hydrogens is 306 g/mol. The van der Waals surface area contributed by atoms with E-state index in [2.05, 4.69) is 5.32 Å². The van der Waals surface area contributed by atoms with Crippen molar-refractivity contribution >= 4 is 15.9 Å². The summed E-state index contributed by atoms with van der Waals surface area (Å²) in [6, 6.07) is 7.51. The molecule has 0 fully saturated rings. The molecule has 1 aromatic rings. The molecule has 0 aromatic heterocycles. The third-order valence-corrected chi connectivity index (χ3v) is 4.96. The molecule has 0 radical (unpaired) electrons. The molecule has 1 aliphatic rings. The van der Waals surface area contributed by atoms with E-state index in [1.807, 2.05) is 6.07 Å². The summed E-state index contributed by atoms with van der Waals surface area (Å²) in [6.07, 6.45) is 0.464. The van der Waals surface area contributed by atoms with Gasteiger partial charge in [-0.3, -0.25) is 10.1 Å². The summed E-state index contributed by atoms with van der Waals surface area (Å²) in [5.41, 5.74) is 0.665. The summed E-state index contributed by atoms with van der Waals surface area (Å²) >= 11 is 0. The predicted molar refractivity (Wildman–Crippen MR) is 78.0 cm³/mol. The third kappa shape index (κ3) is 3.10. The summed E-state index contributed by atoms with van der Waals surface area (Å²) < 4.78 is 30.1. The van der Waals surface area contributed by atoms with Crippen LogP contribution in [0.4, 0.5) is 0 Å². The summed E-state index contributed by atoms with van der Waals surface area (Å²) in [4.78, 5) is 12.2. The largest absolute Gasteiger partial charge is 0.478 e. The number of hydrogen-bond acceptors (Lipinski definition) is 5. The van der Waals surface area contributed by atoms with Gasteiger partial charge in [-0.25, -0.2) is 12.7 Å². The predicted octanol–water partition coefficient (Wildman–Crippen LogP) is 0.822. The molecule has 1 heterocycles. The molecule has 22 heavy (non-hydrogen) atoms. The van der Waals surface area contributed by atoms with Gasteiger partial charge in [0, 0.05) is 26.1 Å². The highest BCUT2D eigenvalue weighted by Gasteiger charge is 2.20. The van der Waals surface area contributed by atoms with Crippen LogP contribution in [0.25, 0.3) is 0 Å². The van der Waals surface area contributed by atoms with Crippen LogP contribution in [0.1, 0.15) is 16.8 Å². The van der Waals surface area contributed by atoms with Crippen molar-refractivity contribution in [2.24, 2.45) is 0 Å². The van der Waals surface area contributed by atoms with E-state index in [0.29, 0.717) is 18.6 Å². The average molecular weight is 321 g/mol. The van der Waals surface area contributed by atoms with Gasteiger partial charge in [0.05, 0.1) is 17.1 Å². The molecule has 0 bridgehead atoms. The number of sulfonamides is 1. The standard InChI is InChI=1S/C14H15N3O4S/c1-17(2)22(19,20)12-5-3-10(4-6-12)13(18)16-14-11(9-15)7-8-21-14/h3-6H,7-8H2,1-2H3,(H,16,18). The van der Waals surface area contributed by atoms with Crippen molar-refractivity contribution in [3.05, 3.63) is 41.3 Å². The second-order valence-electron chi connectivity index (χ2n) is 4.78. The van der Waals surface area contributed by atoms with Crippen molar-refractivity contribution in [2.75, 3.05) is 20.7 Å². The molecule has 1 aromatic carbocycles. The fourth-order valence-corrected chi connectivity index (χ4v) is 2.74. The minimum atomic E-state index is -3.53. The highest BCUT2D eigenvalue weighted by Crippen LogP contribution is 2.17. The lowest BCUT2D eigenvalue weighted by atomic mass is 10.2. The maximum absolute atomic E-state index is 12.1. The maximum Gasteiger partial charge on any atom is 0.257 e. The first-order valence-electron chi connectivity index (χ1n) is 6.46. The van der Waals surface area contributed by atoms with Gasteiger partial charge in [-0.1, -0.05) is 0 Å². The van der Waals surface area contributed by atoms with Crippen LogP contribution >= 0.6 is 0 Å². The second kappa shape index (κ2) is 6.17. The normalized spacial score (nSPS) is 14.6. The number of amides is 1. The maximum atomic E-state index is 12.1. The van der Waals surface area contributed by atoms with Gasteiger partial charge in [-0.15, -0.1) is 0 Å². The Morgan fingerprint density at radius 2 is 1.95 bits per heavy atom. The van der Waals surface area contributed by atoms with Crippen LogP contribution in [0, 0.1) is 11.3 Å². The summed E-state index contributed by atoms with van der Waals surface area (Å²) in [5.74, 6) is -0.295. The van der Waals surface area contributed by atoms with Gasteiger partial charge in [0.15, 0.2) is 0 Å². The molecule has 1 amide bonds. The molecule has 0 aliphatic carbocycles. The zero-order valence-electron chi connectivity index (χ0n) is 12.2. The Morgan fingerprint density at radius 3 is 2.50 bits per heavy atom. The zero-order chi connectivity index (χ0) is 16.3. The first-order chi connectivity index (χ1) is 10.4. The first kappa shape index (κ1) is 16.0. The van der Waals surface area contributed by atoms with E-state index in [-0.39, 0.29) is 16.3 Å². The number of rotatable bonds is 4. The Labute approximate surface area is 128 Å². The Morgan fingerprint density at radius 1 is 1.32 bits per heavy atom. The van der Waals surface area contributed by atoms with Crippen molar-refractivity contribution < 1.29 is 17.9 Å². The molecule has 1 aliphatic heterocycles. The lowest BCUT2D eigenvalue weighted by Crippen LogP contribution is -2.24. The Kier molecular flexibility index (Phi) is 4.49. The summed E-state index contributed by atoms with van der Waals surface area (Å²) in [6.45, 7) is 0.360. The Balaban J connectivity index is 2.18. The van der Waals surface area contributed by atoms with Gasteiger partial charge in [0.25, 0.3) is 5.91 Å². The quantitative estimate of drug-likeness (QED) is 0.885. The van der Waals surface area contributed by atoms with Crippen LogP contribution in [-0.4, -0.2) is 39.3 Å². The lowest BCUT2D eigenvalue weighted by molar-refractivity contribution is 0.0930. The first-order valence-corrected chi connectivity index (χ1v) is 7.90. The fraction of sp³-hybridized carbons (Fsp3) is 0.286. The number of ether oxygens (including phenoxy) is 1. The average Bonchev–Trinajstić information content (AvgIpc) is 2.94. The molecule has 7 nitrogen and oxygen atoms in total. The number of nitrogens with zero attached hydrogens (tertiary/aromatic N) is 2. The second-order valence-corrected chi connectivity index (χ2v) is 6.94. The van der Waals surface area contributed by atoms with Crippen molar-refractivity contribution in [1.82, 2.24) is 9.62 Å². The fourth-order valence-electron chi connectivity index (χ4n) is 1.84. The van der Waals surface area contributed by atoms with Gasteiger partial charge < -0.3 is 4.74 Å². The van der Waals surface area contributed by atoms with Gasteiger partial charge in [0.1, 0.15) is 6.07 Å². The van der Waals surface area contributed by atoms with Crippen molar-refractivity contribution in [3.8, 4) is 6.07 Å². The molecule has 1 N–H and O–H groups in total. The monoisotopic (exact) mass is 321 g/mol. The van der Waals surface area contributed by atoms with Crippen molar-refractivity contribution in [1.29, 1.82) is 5.26 Å². The number of benzene rings is 1. The van der Waals surface area contributed by atoms with Crippen LogP contribution in [0.3, 0.4) is 0 Å². The number of carbonyl (C=O) groups is 1. The summed E-state index contributed by atoms with van der Waals surface area (Å²) in [5, 5.41) is 11.4. The van der Waals surface area contributed by atoms with Crippen LogP contribution in [0.5, 0.6) is 0 Å². The smallest absolute Gasteiger partial charge is 0.257 e. The highest BCUT2D eigenvalue weighted by molar-refractivity contribution is 7.89. The molecular formula is C14H15N3O4S. The molecule has 2 rings (SSSR count). The topological polar surface area (TPSA) is 99.5 Å². The number of nitrogens with one attached hydrogen (secondary N) is 1. The van der Waals surface area contributed by atoms with E-state index in [1.54, 1.807) is 0 Å². The molecule has 0 saturated carbocycles. The molecule has 116 valence electrons. The van der Waals surface area contributed by atoms with Crippen LogP contribution < -0.4 is 5.32 Å². The van der Waals surface area contributed by atoms with Gasteiger partial charge in [-0.2, -0.15) is 5.26 Å². The van der Waals surface area contributed by atoms with Crippen LogP contribution in [-0.2, 0) is 14.8 Å². The van der Waals surface area contributed by atoms with Gasteiger partial charge >= 0.3 is 0 Å². The Bertz CT molecular complexity index is 758. The summed E-state index contributed by atoms with van der Waals surface area (Å²) in [7, 11) is -0.662. The van der Waals surface area contributed by atoms with E-state index in [1.165, 1.54) is 38.4 Å². The van der Waals surface area contributed by atoms with E-state index in [0.717, 1.165) is 4.31 Å².